The molecule has 0 aliphatic carbocycles. The molecule has 2 heterocycles. The zero-order valence-electron chi connectivity index (χ0n) is 13.0. The molecule has 1 saturated heterocycles. The highest BCUT2D eigenvalue weighted by atomic mass is 19.1. The molecule has 3 nitrogen and oxygen atoms in total. The summed E-state index contributed by atoms with van der Waals surface area (Å²) >= 11 is 0. The summed E-state index contributed by atoms with van der Waals surface area (Å²) in [4.78, 5) is 6.41. The normalized spacial score (nSPS) is 24.9. The molecule has 0 amide bonds. The van der Waals surface area contributed by atoms with E-state index in [9.17, 15) is 4.39 Å². The summed E-state index contributed by atoms with van der Waals surface area (Å²) in [7, 11) is 0. The van der Waals surface area contributed by atoms with Crippen molar-refractivity contribution in [1.29, 1.82) is 0 Å². The van der Waals surface area contributed by atoms with Crippen LogP contribution in [0.3, 0.4) is 0 Å². The Kier molecular flexibility index (Phi) is 4.76. The Bertz CT molecular complexity index is 442. The van der Waals surface area contributed by atoms with Gasteiger partial charge >= 0.3 is 0 Å². The van der Waals surface area contributed by atoms with Crippen molar-refractivity contribution in [3.05, 3.63) is 29.8 Å². The van der Waals surface area contributed by atoms with Gasteiger partial charge in [-0.2, -0.15) is 0 Å². The van der Waals surface area contributed by atoms with Crippen molar-refractivity contribution in [2.24, 2.45) is 5.41 Å². The van der Waals surface area contributed by atoms with E-state index in [-0.39, 0.29) is 11.2 Å². The van der Waals surface area contributed by atoms with Crippen LogP contribution in [0.2, 0.25) is 0 Å². The van der Waals surface area contributed by atoms with Gasteiger partial charge in [-0.3, -0.25) is 9.88 Å². The molecule has 1 aliphatic rings. The van der Waals surface area contributed by atoms with E-state index in [1.54, 1.807) is 12.3 Å². The van der Waals surface area contributed by atoms with Gasteiger partial charge in [0, 0.05) is 37.9 Å². The third-order valence-corrected chi connectivity index (χ3v) is 4.20. The molecule has 2 rings (SSSR count). The van der Waals surface area contributed by atoms with Crippen molar-refractivity contribution < 1.29 is 4.39 Å². The van der Waals surface area contributed by atoms with Gasteiger partial charge in [-0.1, -0.05) is 27.7 Å². The highest BCUT2D eigenvalue weighted by molar-refractivity contribution is 5.10. The molecule has 1 aromatic heterocycles. The fraction of sp³-hybridized carbons (Fsp3) is 0.688. The summed E-state index contributed by atoms with van der Waals surface area (Å²) in [5, 5.41) is 3.66. The van der Waals surface area contributed by atoms with E-state index in [4.69, 9.17) is 0 Å². The molecule has 112 valence electrons. The molecule has 1 fully saturated rings. The Morgan fingerprint density at radius 2 is 2.15 bits per heavy atom. The largest absolute Gasteiger partial charge is 0.311 e. The Hall–Kier alpha value is -1.00. The van der Waals surface area contributed by atoms with Crippen LogP contribution in [0.4, 0.5) is 4.39 Å². The summed E-state index contributed by atoms with van der Waals surface area (Å²) in [6.07, 6.45) is 4.13. The zero-order chi connectivity index (χ0) is 14.8. The monoisotopic (exact) mass is 279 g/mol. The molecule has 2 unspecified atom stereocenters. The second kappa shape index (κ2) is 6.19. The highest BCUT2D eigenvalue weighted by Gasteiger charge is 2.33. The van der Waals surface area contributed by atoms with E-state index in [0.717, 1.165) is 31.6 Å². The van der Waals surface area contributed by atoms with Gasteiger partial charge in [-0.25, -0.2) is 4.39 Å². The quantitative estimate of drug-likeness (QED) is 0.922. The molecule has 0 spiro atoms. The lowest BCUT2D eigenvalue weighted by atomic mass is 9.84. The number of aromatic nitrogens is 1. The number of pyridine rings is 1. The van der Waals surface area contributed by atoms with Crippen LogP contribution in [0.5, 0.6) is 0 Å². The van der Waals surface area contributed by atoms with Gasteiger partial charge in [0.2, 0.25) is 0 Å². The molecule has 0 aromatic carbocycles. The summed E-state index contributed by atoms with van der Waals surface area (Å²) in [6, 6.07) is 2.57. The van der Waals surface area contributed by atoms with Crippen LogP contribution in [0, 0.1) is 11.2 Å². The standard InChI is InChI=1S/C16H26FN3/c1-5-14-9-19-15(16(2,3)4)11-20(14)10-12-6-13(17)8-18-7-12/h6-8,14-15,19H,5,9-11H2,1-4H3. The molecule has 20 heavy (non-hydrogen) atoms. The summed E-state index contributed by atoms with van der Waals surface area (Å²) in [5.74, 6) is -0.252. The average molecular weight is 279 g/mol. The van der Waals surface area contributed by atoms with Crippen molar-refractivity contribution in [2.75, 3.05) is 13.1 Å². The molecule has 1 aromatic rings. The average Bonchev–Trinajstić information content (AvgIpc) is 2.37. The maximum absolute atomic E-state index is 13.3. The fourth-order valence-electron chi connectivity index (χ4n) is 2.81. The topological polar surface area (TPSA) is 28.2 Å². The Labute approximate surface area is 121 Å². The lowest BCUT2D eigenvalue weighted by Crippen LogP contribution is -2.59. The number of hydrogen-bond acceptors (Lipinski definition) is 3. The molecule has 0 bridgehead atoms. The third-order valence-electron chi connectivity index (χ3n) is 4.20. The van der Waals surface area contributed by atoms with Crippen molar-refractivity contribution >= 4 is 0 Å². The van der Waals surface area contributed by atoms with Gasteiger partial charge in [-0.15, -0.1) is 0 Å². The minimum atomic E-state index is -0.252. The van der Waals surface area contributed by atoms with Gasteiger partial charge in [0.25, 0.3) is 0 Å². The van der Waals surface area contributed by atoms with E-state index in [1.165, 1.54) is 6.20 Å². The van der Waals surface area contributed by atoms with Gasteiger partial charge in [0.15, 0.2) is 0 Å². The Morgan fingerprint density at radius 1 is 1.40 bits per heavy atom. The fourth-order valence-corrected chi connectivity index (χ4v) is 2.81. The Morgan fingerprint density at radius 3 is 2.75 bits per heavy atom. The number of nitrogens with one attached hydrogen (secondary N) is 1. The number of halogens is 1. The van der Waals surface area contributed by atoms with Gasteiger partial charge in [0.1, 0.15) is 5.82 Å². The smallest absolute Gasteiger partial charge is 0.141 e. The molecular formula is C16H26FN3. The first-order valence-electron chi connectivity index (χ1n) is 7.47. The molecule has 1 N–H and O–H groups in total. The molecule has 0 saturated carbocycles. The van der Waals surface area contributed by atoms with Gasteiger partial charge < -0.3 is 5.32 Å². The predicted octanol–water partition coefficient (Wildman–Crippen LogP) is 2.82. The Balaban J connectivity index is 2.09. The highest BCUT2D eigenvalue weighted by Crippen LogP contribution is 2.25. The minimum Gasteiger partial charge on any atom is -0.311 e. The van der Waals surface area contributed by atoms with Crippen molar-refractivity contribution in [1.82, 2.24) is 15.2 Å². The first-order chi connectivity index (χ1) is 9.40. The first-order valence-corrected chi connectivity index (χ1v) is 7.47. The van der Waals surface area contributed by atoms with E-state index < -0.39 is 0 Å². The number of piperazine rings is 1. The molecule has 4 heteroatoms. The maximum atomic E-state index is 13.3. The first kappa shape index (κ1) is 15.4. The van der Waals surface area contributed by atoms with Crippen LogP contribution in [0.1, 0.15) is 39.7 Å². The molecule has 0 radical (unpaired) electrons. The van der Waals surface area contributed by atoms with Crippen molar-refractivity contribution in [2.45, 2.75) is 52.7 Å². The van der Waals surface area contributed by atoms with Crippen LogP contribution in [0.25, 0.3) is 0 Å². The van der Waals surface area contributed by atoms with Crippen LogP contribution >= 0.6 is 0 Å². The van der Waals surface area contributed by atoms with Crippen LogP contribution < -0.4 is 5.32 Å². The lowest BCUT2D eigenvalue weighted by Gasteiger charge is -2.45. The summed E-state index contributed by atoms with van der Waals surface area (Å²) in [5.41, 5.74) is 1.19. The number of nitrogens with zero attached hydrogens (tertiary/aromatic N) is 2. The van der Waals surface area contributed by atoms with Crippen molar-refractivity contribution in [3.63, 3.8) is 0 Å². The third kappa shape index (κ3) is 3.76. The minimum absolute atomic E-state index is 0.233. The maximum Gasteiger partial charge on any atom is 0.141 e. The number of rotatable bonds is 3. The van der Waals surface area contributed by atoms with Gasteiger partial charge in [0.05, 0.1) is 6.20 Å². The van der Waals surface area contributed by atoms with Crippen LogP contribution in [-0.2, 0) is 6.54 Å². The van der Waals surface area contributed by atoms with Crippen LogP contribution in [0.15, 0.2) is 18.5 Å². The molecule has 2 atom stereocenters. The molecular weight excluding hydrogens is 253 g/mol. The van der Waals surface area contributed by atoms with E-state index in [1.807, 2.05) is 0 Å². The van der Waals surface area contributed by atoms with Gasteiger partial charge in [-0.05, 0) is 23.5 Å². The lowest BCUT2D eigenvalue weighted by molar-refractivity contribution is 0.0773. The SMILES string of the molecule is CCC1CNC(C(C)(C)C)CN1Cc1cncc(F)c1. The second-order valence-corrected chi connectivity index (χ2v) is 6.83. The molecule has 1 aliphatic heterocycles. The number of hydrogen-bond donors (Lipinski definition) is 1. The zero-order valence-corrected chi connectivity index (χ0v) is 13.0. The summed E-state index contributed by atoms with van der Waals surface area (Å²) < 4.78 is 13.3. The van der Waals surface area contributed by atoms with E-state index in [0.29, 0.717) is 12.1 Å². The predicted molar refractivity (Wildman–Crippen MR) is 79.9 cm³/mol. The van der Waals surface area contributed by atoms with Crippen molar-refractivity contribution in [3.8, 4) is 0 Å². The van der Waals surface area contributed by atoms with E-state index in [2.05, 4.69) is 42.9 Å². The van der Waals surface area contributed by atoms with Crippen LogP contribution in [-0.4, -0.2) is 35.1 Å². The second-order valence-electron chi connectivity index (χ2n) is 6.83. The van der Waals surface area contributed by atoms with E-state index >= 15 is 0 Å². The summed E-state index contributed by atoms with van der Waals surface area (Å²) in [6.45, 7) is 11.8.